The Bertz CT molecular complexity index is 642. The van der Waals surface area contributed by atoms with Crippen LogP contribution in [0.5, 0.6) is 0 Å². The van der Waals surface area contributed by atoms with Crippen molar-refractivity contribution in [3.05, 3.63) is 56.3 Å². The highest BCUT2D eigenvalue weighted by Crippen LogP contribution is 2.28. The van der Waals surface area contributed by atoms with Crippen LogP contribution in [0.3, 0.4) is 0 Å². The molecule has 1 aromatic heterocycles. The zero-order valence-corrected chi connectivity index (χ0v) is 13.3. The molecule has 1 aromatic carbocycles. The molecule has 7 heteroatoms. The lowest BCUT2D eigenvalue weighted by molar-refractivity contribution is -0.385. The number of halogens is 1. The molecule has 112 valence electrons. The summed E-state index contributed by atoms with van der Waals surface area (Å²) < 4.78 is 2.26. The van der Waals surface area contributed by atoms with Gasteiger partial charge in [-0.2, -0.15) is 5.10 Å². The summed E-state index contributed by atoms with van der Waals surface area (Å²) in [4.78, 5) is 10.5. The Hall–Kier alpha value is -1.73. The second kappa shape index (κ2) is 6.82. The molecule has 6 nitrogen and oxygen atoms in total. The van der Waals surface area contributed by atoms with Crippen molar-refractivity contribution < 1.29 is 4.92 Å². The SMILES string of the molecule is CCC(N)Cc1cnn(Cc2cccc([N+](=O)[O-])c2Br)c1. The Morgan fingerprint density at radius 2 is 2.29 bits per heavy atom. The van der Waals surface area contributed by atoms with E-state index in [9.17, 15) is 10.1 Å². The fourth-order valence-corrected chi connectivity index (χ4v) is 2.58. The number of hydrogen-bond acceptors (Lipinski definition) is 4. The normalized spacial score (nSPS) is 12.3. The average molecular weight is 353 g/mol. The zero-order chi connectivity index (χ0) is 15.4. The van der Waals surface area contributed by atoms with E-state index in [0.717, 1.165) is 24.0 Å². The molecule has 0 saturated heterocycles. The summed E-state index contributed by atoms with van der Waals surface area (Å²) in [7, 11) is 0. The molecule has 0 aliphatic heterocycles. The van der Waals surface area contributed by atoms with Gasteiger partial charge in [-0.05, 0) is 39.9 Å². The maximum Gasteiger partial charge on any atom is 0.283 e. The van der Waals surface area contributed by atoms with Gasteiger partial charge in [-0.3, -0.25) is 14.8 Å². The molecular formula is C14H17BrN4O2. The maximum atomic E-state index is 10.9. The molecule has 1 heterocycles. The Morgan fingerprint density at radius 1 is 1.52 bits per heavy atom. The molecular weight excluding hydrogens is 336 g/mol. The molecule has 2 rings (SSSR count). The summed E-state index contributed by atoms with van der Waals surface area (Å²) >= 11 is 3.29. The molecule has 1 atom stereocenters. The number of aromatic nitrogens is 2. The van der Waals surface area contributed by atoms with E-state index in [-0.39, 0.29) is 11.7 Å². The number of nitrogens with two attached hydrogens (primary N) is 1. The van der Waals surface area contributed by atoms with Crippen LogP contribution in [0, 0.1) is 10.1 Å². The van der Waals surface area contributed by atoms with Crippen LogP contribution in [0.15, 0.2) is 35.1 Å². The van der Waals surface area contributed by atoms with E-state index in [2.05, 4.69) is 28.0 Å². The Balaban J connectivity index is 2.15. The highest BCUT2D eigenvalue weighted by atomic mass is 79.9. The summed E-state index contributed by atoms with van der Waals surface area (Å²) in [5, 5.41) is 15.2. The van der Waals surface area contributed by atoms with E-state index in [0.29, 0.717) is 11.0 Å². The summed E-state index contributed by atoms with van der Waals surface area (Å²) in [6, 6.07) is 5.13. The third-order valence-electron chi connectivity index (χ3n) is 3.30. The smallest absolute Gasteiger partial charge is 0.283 e. The minimum absolute atomic E-state index is 0.0629. The number of rotatable bonds is 6. The predicted molar refractivity (Wildman–Crippen MR) is 84.1 cm³/mol. The van der Waals surface area contributed by atoms with Crippen LogP contribution in [0.4, 0.5) is 5.69 Å². The van der Waals surface area contributed by atoms with Gasteiger partial charge in [0.15, 0.2) is 0 Å². The van der Waals surface area contributed by atoms with E-state index in [1.54, 1.807) is 16.9 Å². The number of benzene rings is 1. The van der Waals surface area contributed by atoms with Crippen molar-refractivity contribution in [2.24, 2.45) is 5.73 Å². The first-order valence-corrected chi connectivity index (χ1v) is 7.49. The third-order valence-corrected chi connectivity index (χ3v) is 4.21. The molecule has 0 radical (unpaired) electrons. The van der Waals surface area contributed by atoms with Crippen molar-refractivity contribution in [1.82, 2.24) is 9.78 Å². The van der Waals surface area contributed by atoms with Crippen LogP contribution >= 0.6 is 15.9 Å². The van der Waals surface area contributed by atoms with E-state index in [1.165, 1.54) is 6.07 Å². The fraction of sp³-hybridized carbons (Fsp3) is 0.357. The first kappa shape index (κ1) is 15.7. The zero-order valence-electron chi connectivity index (χ0n) is 11.7. The Labute approximate surface area is 131 Å². The fourth-order valence-electron chi connectivity index (χ4n) is 2.05. The van der Waals surface area contributed by atoms with Gasteiger partial charge in [0, 0.05) is 18.3 Å². The lowest BCUT2D eigenvalue weighted by Gasteiger charge is -2.06. The van der Waals surface area contributed by atoms with Crippen molar-refractivity contribution in [2.75, 3.05) is 0 Å². The van der Waals surface area contributed by atoms with E-state index in [1.807, 2.05) is 12.3 Å². The monoisotopic (exact) mass is 352 g/mol. The van der Waals surface area contributed by atoms with E-state index in [4.69, 9.17) is 5.73 Å². The van der Waals surface area contributed by atoms with Crippen molar-refractivity contribution in [2.45, 2.75) is 32.4 Å². The Morgan fingerprint density at radius 3 is 2.95 bits per heavy atom. The quantitative estimate of drug-likeness (QED) is 0.639. The summed E-state index contributed by atoms with van der Waals surface area (Å²) in [6.07, 6.45) is 5.43. The second-order valence-corrected chi connectivity index (χ2v) is 5.72. The molecule has 0 aliphatic carbocycles. The molecule has 0 spiro atoms. The van der Waals surface area contributed by atoms with Gasteiger partial charge in [0.05, 0.1) is 17.7 Å². The lowest BCUT2D eigenvalue weighted by Crippen LogP contribution is -2.21. The van der Waals surface area contributed by atoms with Crippen LogP contribution in [0.2, 0.25) is 0 Å². The standard InChI is InChI=1S/C14H17BrN4O2/c1-2-12(16)6-10-7-17-18(8-10)9-11-4-3-5-13(14(11)15)19(20)21/h3-5,7-8,12H,2,6,9,16H2,1H3. The molecule has 1 unspecified atom stereocenters. The minimum atomic E-state index is -0.400. The second-order valence-electron chi connectivity index (χ2n) is 4.93. The van der Waals surface area contributed by atoms with Gasteiger partial charge in [0.25, 0.3) is 5.69 Å². The van der Waals surface area contributed by atoms with Gasteiger partial charge in [0.2, 0.25) is 0 Å². The number of nitro benzene ring substituents is 1. The van der Waals surface area contributed by atoms with Gasteiger partial charge in [-0.15, -0.1) is 0 Å². The first-order valence-electron chi connectivity index (χ1n) is 6.70. The van der Waals surface area contributed by atoms with E-state index < -0.39 is 4.92 Å². The number of nitrogens with zero attached hydrogens (tertiary/aromatic N) is 3. The molecule has 21 heavy (non-hydrogen) atoms. The van der Waals surface area contributed by atoms with Gasteiger partial charge in [-0.25, -0.2) is 0 Å². The minimum Gasteiger partial charge on any atom is -0.327 e. The van der Waals surface area contributed by atoms with Crippen LogP contribution < -0.4 is 5.73 Å². The maximum absolute atomic E-state index is 10.9. The molecule has 0 fully saturated rings. The summed E-state index contributed by atoms with van der Waals surface area (Å²) in [5.74, 6) is 0. The Kier molecular flexibility index (Phi) is 5.08. The summed E-state index contributed by atoms with van der Waals surface area (Å²) in [5.41, 5.74) is 7.88. The van der Waals surface area contributed by atoms with Crippen molar-refractivity contribution in [3.63, 3.8) is 0 Å². The third kappa shape index (κ3) is 3.89. The van der Waals surface area contributed by atoms with Crippen LogP contribution in [-0.2, 0) is 13.0 Å². The van der Waals surface area contributed by atoms with Gasteiger partial charge in [0.1, 0.15) is 4.47 Å². The van der Waals surface area contributed by atoms with E-state index >= 15 is 0 Å². The van der Waals surface area contributed by atoms with Gasteiger partial charge in [-0.1, -0.05) is 19.1 Å². The number of hydrogen-bond donors (Lipinski definition) is 1. The molecule has 0 aliphatic rings. The van der Waals surface area contributed by atoms with Gasteiger partial charge < -0.3 is 5.73 Å². The summed E-state index contributed by atoms with van der Waals surface area (Å²) in [6.45, 7) is 2.53. The predicted octanol–water partition coefficient (Wildman–Crippen LogP) is 2.88. The van der Waals surface area contributed by atoms with Gasteiger partial charge >= 0.3 is 0 Å². The average Bonchev–Trinajstić information content (AvgIpc) is 2.88. The van der Waals surface area contributed by atoms with Crippen molar-refractivity contribution in [3.8, 4) is 0 Å². The first-order chi connectivity index (χ1) is 10.0. The topological polar surface area (TPSA) is 87.0 Å². The highest BCUT2D eigenvalue weighted by Gasteiger charge is 2.15. The highest BCUT2D eigenvalue weighted by molar-refractivity contribution is 9.10. The van der Waals surface area contributed by atoms with Crippen molar-refractivity contribution in [1.29, 1.82) is 0 Å². The molecule has 0 amide bonds. The molecule has 0 saturated carbocycles. The van der Waals surface area contributed by atoms with Crippen molar-refractivity contribution >= 4 is 21.6 Å². The largest absolute Gasteiger partial charge is 0.327 e. The molecule has 0 bridgehead atoms. The number of nitro groups is 1. The van der Waals surface area contributed by atoms with Crippen LogP contribution in [0.25, 0.3) is 0 Å². The van der Waals surface area contributed by atoms with Crippen LogP contribution in [0.1, 0.15) is 24.5 Å². The van der Waals surface area contributed by atoms with Crippen LogP contribution in [-0.4, -0.2) is 20.7 Å². The molecule has 2 N–H and O–H groups in total. The lowest BCUT2D eigenvalue weighted by atomic mass is 10.1. The molecule has 2 aromatic rings.